The average molecular weight is 255 g/mol. The normalized spacial score (nSPS) is 13.8. The maximum absolute atomic E-state index is 12.2. The molecule has 0 radical (unpaired) electrons. The fourth-order valence-electron chi connectivity index (χ4n) is 0.974. The standard InChI is InChI=1S/C8H12F3N3OS/c1-5(3-4-15-2)12-7-14-13-6(16-7)8(9,10)11/h5H,3-4H2,1-2H3,(H,12,14). The highest BCUT2D eigenvalue weighted by molar-refractivity contribution is 7.15. The predicted octanol–water partition coefficient (Wildman–Crippen LogP) is 2.39. The van der Waals surface area contributed by atoms with Gasteiger partial charge >= 0.3 is 6.18 Å². The molecule has 4 nitrogen and oxygen atoms in total. The van der Waals surface area contributed by atoms with Gasteiger partial charge in [-0.3, -0.25) is 0 Å². The second-order valence-corrected chi connectivity index (χ2v) is 4.21. The van der Waals surface area contributed by atoms with Crippen LogP contribution in [0.5, 0.6) is 0 Å². The molecule has 1 unspecified atom stereocenters. The molecule has 0 aliphatic carbocycles. The number of ether oxygens (including phenoxy) is 1. The van der Waals surface area contributed by atoms with Gasteiger partial charge in [0.1, 0.15) is 0 Å². The Morgan fingerprint density at radius 1 is 1.44 bits per heavy atom. The molecule has 0 saturated carbocycles. The Morgan fingerprint density at radius 3 is 2.62 bits per heavy atom. The van der Waals surface area contributed by atoms with Gasteiger partial charge in [0.2, 0.25) is 10.1 Å². The van der Waals surface area contributed by atoms with Gasteiger partial charge in [-0.25, -0.2) is 0 Å². The molecule has 8 heteroatoms. The molecule has 1 aromatic heterocycles. The van der Waals surface area contributed by atoms with E-state index in [2.05, 4.69) is 15.5 Å². The molecular formula is C8H12F3N3OS. The van der Waals surface area contributed by atoms with Gasteiger partial charge in [-0.15, -0.1) is 10.2 Å². The van der Waals surface area contributed by atoms with E-state index in [0.717, 1.165) is 0 Å². The summed E-state index contributed by atoms with van der Waals surface area (Å²) in [6.07, 6.45) is -3.73. The molecule has 16 heavy (non-hydrogen) atoms. The first-order valence-corrected chi connectivity index (χ1v) is 5.41. The molecule has 1 rings (SSSR count). The van der Waals surface area contributed by atoms with Crippen LogP contribution in [0.25, 0.3) is 0 Å². The minimum Gasteiger partial charge on any atom is -0.385 e. The Hall–Kier alpha value is -0.890. The number of anilines is 1. The number of methoxy groups -OCH3 is 1. The highest BCUT2D eigenvalue weighted by Crippen LogP contribution is 2.33. The zero-order valence-corrected chi connectivity index (χ0v) is 9.65. The molecule has 0 bridgehead atoms. The van der Waals surface area contributed by atoms with Gasteiger partial charge in [0.15, 0.2) is 0 Å². The summed E-state index contributed by atoms with van der Waals surface area (Å²) in [7, 11) is 1.57. The first-order chi connectivity index (χ1) is 7.43. The van der Waals surface area contributed by atoms with E-state index in [1.807, 2.05) is 6.92 Å². The van der Waals surface area contributed by atoms with Crippen molar-refractivity contribution in [1.29, 1.82) is 0 Å². The lowest BCUT2D eigenvalue weighted by Crippen LogP contribution is -2.16. The van der Waals surface area contributed by atoms with E-state index in [4.69, 9.17) is 4.74 Å². The van der Waals surface area contributed by atoms with Crippen LogP contribution in [0.4, 0.5) is 18.3 Å². The lowest BCUT2D eigenvalue weighted by Gasteiger charge is -2.10. The van der Waals surface area contributed by atoms with Crippen molar-refractivity contribution in [3.8, 4) is 0 Å². The van der Waals surface area contributed by atoms with Crippen LogP contribution in [0.2, 0.25) is 0 Å². The summed E-state index contributed by atoms with van der Waals surface area (Å²) in [5.41, 5.74) is 0. The lowest BCUT2D eigenvalue weighted by atomic mass is 10.2. The van der Waals surface area contributed by atoms with Crippen molar-refractivity contribution >= 4 is 16.5 Å². The van der Waals surface area contributed by atoms with Crippen LogP contribution in [0, 0.1) is 0 Å². The number of aromatic nitrogens is 2. The molecule has 1 heterocycles. The molecule has 0 spiro atoms. The summed E-state index contributed by atoms with van der Waals surface area (Å²) in [6.45, 7) is 2.38. The van der Waals surface area contributed by atoms with E-state index in [-0.39, 0.29) is 11.2 Å². The predicted molar refractivity (Wildman–Crippen MR) is 54.5 cm³/mol. The smallest absolute Gasteiger partial charge is 0.385 e. The molecule has 0 saturated heterocycles. The number of nitrogens with zero attached hydrogens (tertiary/aromatic N) is 2. The number of alkyl halides is 3. The van der Waals surface area contributed by atoms with E-state index in [0.29, 0.717) is 24.4 Å². The van der Waals surface area contributed by atoms with E-state index in [9.17, 15) is 13.2 Å². The second kappa shape index (κ2) is 5.44. The second-order valence-electron chi connectivity index (χ2n) is 3.24. The number of hydrogen-bond donors (Lipinski definition) is 1. The van der Waals surface area contributed by atoms with Gasteiger partial charge in [0, 0.05) is 19.8 Å². The topological polar surface area (TPSA) is 47.0 Å². The Bertz CT molecular complexity index is 329. The van der Waals surface area contributed by atoms with Crippen LogP contribution >= 0.6 is 11.3 Å². The number of halogens is 3. The highest BCUT2D eigenvalue weighted by atomic mass is 32.1. The largest absolute Gasteiger partial charge is 0.445 e. The first kappa shape index (κ1) is 13.2. The monoisotopic (exact) mass is 255 g/mol. The number of nitrogens with one attached hydrogen (secondary N) is 1. The van der Waals surface area contributed by atoms with Crippen molar-refractivity contribution < 1.29 is 17.9 Å². The Labute approximate surface area is 94.8 Å². The number of rotatable bonds is 5. The van der Waals surface area contributed by atoms with E-state index < -0.39 is 11.2 Å². The SMILES string of the molecule is COCCC(C)Nc1nnc(C(F)(F)F)s1. The summed E-state index contributed by atoms with van der Waals surface area (Å²) in [5, 5.41) is 8.57. The van der Waals surface area contributed by atoms with Gasteiger partial charge in [0.25, 0.3) is 0 Å². The minimum absolute atomic E-state index is 0.00557. The van der Waals surface area contributed by atoms with Gasteiger partial charge in [-0.05, 0) is 13.3 Å². The van der Waals surface area contributed by atoms with Gasteiger partial charge in [-0.1, -0.05) is 11.3 Å². The summed E-state index contributed by atoms with van der Waals surface area (Å²) in [4.78, 5) is 0. The zero-order chi connectivity index (χ0) is 12.2. The van der Waals surface area contributed by atoms with Crippen LogP contribution in [0.1, 0.15) is 18.4 Å². The van der Waals surface area contributed by atoms with Gasteiger partial charge in [-0.2, -0.15) is 13.2 Å². The summed E-state index contributed by atoms with van der Waals surface area (Å²) in [6, 6.07) is -0.00557. The van der Waals surface area contributed by atoms with Crippen molar-refractivity contribution in [2.75, 3.05) is 19.0 Å². The Balaban J connectivity index is 2.52. The molecule has 1 aromatic rings. The van der Waals surface area contributed by atoms with Crippen molar-refractivity contribution in [3.63, 3.8) is 0 Å². The molecule has 0 aliphatic heterocycles. The maximum Gasteiger partial charge on any atom is 0.445 e. The molecule has 0 aliphatic rings. The molecule has 1 atom stereocenters. The third kappa shape index (κ3) is 3.93. The summed E-state index contributed by atoms with van der Waals surface area (Å²) >= 11 is 0.502. The van der Waals surface area contributed by atoms with E-state index in [1.165, 1.54) is 0 Å². The Kier molecular flexibility index (Phi) is 4.48. The fraction of sp³-hybridized carbons (Fsp3) is 0.750. The Morgan fingerprint density at radius 2 is 2.12 bits per heavy atom. The molecular weight excluding hydrogens is 243 g/mol. The minimum atomic E-state index is -4.42. The first-order valence-electron chi connectivity index (χ1n) is 4.59. The van der Waals surface area contributed by atoms with Crippen molar-refractivity contribution in [2.24, 2.45) is 0 Å². The molecule has 0 amide bonds. The van der Waals surface area contributed by atoms with Crippen LogP contribution < -0.4 is 5.32 Å². The maximum atomic E-state index is 12.2. The third-order valence-corrected chi connectivity index (χ3v) is 2.69. The van der Waals surface area contributed by atoms with Crippen molar-refractivity contribution in [1.82, 2.24) is 10.2 Å². The quantitative estimate of drug-likeness (QED) is 0.877. The van der Waals surface area contributed by atoms with E-state index in [1.54, 1.807) is 7.11 Å². The molecule has 92 valence electrons. The van der Waals surface area contributed by atoms with E-state index >= 15 is 0 Å². The van der Waals surface area contributed by atoms with Crippen LogP contribution in [-0.2, 0) is 10.9 Å². The number of hydrogen-bond acceptors (Lipinski definition) is 5. The molecule has 0 aromatic carbocycles. The molecule has 1 N–H and O–H groups in total. The highest BCUT2D eigenvalue weighted by Gasteiger charge is 2.35. The average Bonchev–Trinajstić information content (AvgIpc) is 2.62. The third-order valence-electron chi connectivity index (χ3n) is 1.79. The van der Waals surface area contributed by atoms with Crippen molar-refractivity contribution in [3.05, 3.63) is 5.01 Å². The van der Waals surface area contributed by atoms with Crippen LogP contribution in [-0.4, -0.2) is 30.0 Å². The lowest BCUT2D eigenvalue weighted by molar-refractivity contribution is -0.138. The fourth-order valence-corrected chi connectivity index (χ4v) is 1.70. The van der Waals surface area contributed by atoms with Crippen LogP contribution in [0.15, 0.2) is 0 Å². The zero-order valence-electron chi connectivity index (χ0n) is 8.84. The summed E-state index contributed by atoms with van der Waals surface area (Å²) < 4.78 is 41.5. The van der Waals surface area contributed by atoms with Gasteiger partial charge < -0.3 is 10.1 Å². The van der Waals surface area contributed by atoms with Crippen molar-refractivity contribution in [2.45, 2.75) is 25.6 Å². The summed E-state index contributed by atoms with van der Waals surface area (Å²) in [5.74, 6) is 0. The van der Waals surface area contributed by atoms with Gasteiger partial charge in [0.05, 0.1) is 0 Å². The molecule has 0 fully saturated rings. The van der Waals surface area contributed by atoms with Crippen LogP contribution in [0.3, 0.4) is 0 Å².